The zero-order chi connectivity index (χ0) is 21.7. The summed E-state index contributed by atoms with van der Waals surface area (Å²) in [5, 5.41) is 2.42. The Balaban J connectivity index is 1.92. The Kier molecular flexibility index (Phi) is 7.15. The van der Waals surface area contributed by atoms with Crippen LogP contribution in [0.3, 0.4) is 0 Å². The lowest BCUT2D eigenvalue weighted by atomic mass is 9.91. The van der Waals surface area contributed by atoms with Crippen molar-refractivity contribution in [3.05, 3.63) is 54.1 Å². The van der Waals surface area contributed by atoms with Gasteiger partial charge in [-0.2, -0.15) is 4.31 Å². The minimum Gasteiger partial charge on any atom is -0.496 e. The predicted octanol–water partition coefficient (Wildman–Crippen LogP) is 3.08. The number of benzene rings is 2. The number of nitrogens with zero attached hydrogens (tertiary/aromatic N) is 1. The van der Waals surface area contributed by atoms with Crippen molar-refractivity contribution in [1.82, 2.24) is 9.62 Å². The minimum absolute atomic E-state index is 0.105. The topological polar surface area (TPSA) is 75.7 Å². The quantitative estimate of drug-likeness (QED) is 0.732. The van der Waals surface area contributed by atoms with E-state index in [9.17, 15) is 13.2 Å². The van der Waals surface area contributed by atoms with Crippen LogP contribution in [0.1, 0.15) is 25.8 Å². The van der Waals surface area contributed by atoms with Crippen LogP contribution in [-0.4, -0.2) is 50.6 Å². The molecule has 0 saturated carbocycles. The van der Waals surface area contributed by atoms with E-state index in [1.807, 2.05) is 55.5 Å². The Morgan fingerprint density at radius 3 is 2.50 bits per heavy atom. The third-order valence-corrected chi connectivity index (χ3v) is 8.18. The number of methoxy groups -OCH3 is 1. The van der Waals surface area contributed by atoms with Gasteiger partial charge in [-0.15, -0.1) is 0 Å². The molecule has 0 aromatic heterocycles. The fourth-order valence-corrected chi connectivity index (χ4v) is 5.48. The number of amides is 1. The number of nitrogens with one attached hydrogen (secondary N) is 1. The van der Waals surface area contributed by atoms with Crippen LogP contribution in [0, 0.1) is 5.92 Å². The third-order valence-electron chi connectivity index (χ3n) is 5.78. The first kappa shape index (κ1) is 22.3. The van der Waals surface area contributed by atoms with Gasteiger partial charge in [0.05, 0.1) is 18.3 Å². The van der Waals surface area contributed by atoms with Crippen molar-refractivity contribution in [2.75, 3.05) is 26.7 Å². The molecule has 0 aliphatic carbocycles. The van der Waals surface area contributed by atoms with Gasteiger partial charge in [-0.1, -0.05) is 49.4 Å². The first-order valence-electron chi connectivity index (χ1n) is 10.4. The van der Waals surface area contributed by atoms with Gasteiger partial charge in [-0.3, -0.25) is 4.79 Å². The van der Waals surface area contributed by atoms with E-state index in [-0.39, 0.29) is 12.5 Å². The molecule has 6 nitrogen and oxygen atoms in total. The van der Waals surface area contributed by atoms with Crippen molar-refractivity contribution in [3.63, 3.8) is 0 Å². The second kappa shape index (κ2) is 9.62. The number of hydrogen-bond donors (Lipinski definition) is 1. The third kappa shape index (κ3) is 4.68. The maximum absolute atomic E-state index is 12.9. The molecule has 1 amide bonds. The number of sulfonamides is 1. The van der Waals surface area contributed by atoms with Crippen LogP contribution in [-0.2, 0) is 21.2 Å². The maximum Gasteiger partial charge on any atom is 0.224 e. The second-order valence-electron chi connectivity index (χ2n) is 7.67. The van der Waals surface area contributed by atoms with E-state index in [4.69, 9.17) is 4.74 Å². The zero-order valence-corrected chi connectivity index (χ0v) is 18.6. The average molecular weight is 431 g/mol. The molecule has 1 saturated heterocycles. The van der Waals surface area contributed by atoms with E-state index in [1.54, 1.807) is 14.0 Å². The van der Waals surface area contributed by atoms with Gasteiger partial charge in [0.2, 0.25) is 15.9 Å². The molecule has 30 heavy (non-hydrogen) atoms. The lowest BCUT2D eigenvalue weighted by Crippen LogP contribution is -2.41. The number of rotatable bonds is 7. The van der Waals surface area contributed by atoms with Crippen molar-refractivity contribution in [3.8, 4) is 16.9 Å². The number of carbonyl (C=O) groups is 1. The molecule has 0 radical (unpaired) electrons. The van der Waals surface area contributed by atoms with E-state index in [0.29, 0.717) is 25.9 Å². The van der Waals surface area contributed by atoms with Gasteiger partial charge in [0.15, 0.2) is 0 Å². The summed E-state index contributed by atoms with van der Waals surface area (Å²) in [5.41, 5.74) is 2.93. The standard InChI is InChI=1S/C23H30N2O4S/c1-4-17(2)30(27,28)25-14-13-24-23(26)19(16-25)15-18-9-5-6-10-20(18)21-11-7-8-12-22(21)29-3/h5-12,17,19H,4,13-16H2,1-3H3,(H,24,26). The lowest BCUT2D eigenvalue weighted by Gasteiger charge is -2.26. The summed E-state index contributed by atoms with van der Waals surface area (Å²) in [5.74, 6) is 0.199. The average Bonchev–Trinajstić information content (AvgIpc) is 2.95. The first-order chi connectivity index (χ1) is 14.4. The largest absolute Gasteiger partial charge is 0.496 e. The van der Waals surface area contributed by atoms with Crippen molar-refractivity contribution in [2.24, 2.45) is 5.92 Å². The van der Waals surface area contributed by atoms with Crippen molar-refractivity contribution in [2.45, 2.75) is 31.9 Å². The van der Waals surface area contributed by atoms with Crippen molar-refractivity contribution >= 4 is 15.9 Å². The molecule has 3 rings (SSSR count). The van der Waals surface area contributed by atoms with Gasteiger partial charge in [0, 0.05) is 25.2 Å². The van der Waals surface area contributed by atoms with Crippen LogP contribution in [0.25, 0.3) is 11.1 Å². The molecule has 1 aliphatic rings. The smallest absolute Gasteiger partial charge is 0.224 e. The van der Waals surface area contributed by atoms with Crippen LogP contribution in [0.2, 0.25) is 0 Å². The van der Waals surface area contributed by atoms with Crippen molar-refractivity contribution < 1.29 is 17.9 Å². The molecule has 2 aromatic carbocycles. The molecule has 0 spiro atoms. The summed E-state index contributed by atoms with van der Waals surface area (Å²) < 4.78 is 32.8. The van der Waals surface area contributed by atoms with E-state index in [0.717, 1.165) is 22.4 Å². The summed E-state index contributed by atoms with van der Waals surface area (Å²) in [7, 11) is -1.80. The summed E-state index contributed by atoms with van der Waals surface area (Å²) in [6.45, 7) is 4.42. The van der Waals surface area contributed by atoms with E-state index < -0.39 is 21.2 Å². The van der Waals surface area contributed by atoms with Gasteiger partial charge < -0.3 is 10.1 Å². The van der Waals surface area contributed by atoms with Gasteiger partial charge in [0.1, 0.15) is 5.75 Å². The van der Waals surface area contributed by atoms with Crippen LogP contribution in [0.15, 0.2) is 48.5 Å². The Hall–Kier alpha value is -2.38. The lowest BCUT2D eigenvalue weighted by molar-refractivity contribution is -0.124. The van der Waals surface area contributed by atoms with Crippen LogP contribution >= 0.6 is 0 Å². The molecule has 162 valence electrons. The van der Waals surface area contributed by atoms with Gasteiger partial charge >= 0.3 is 0 Å². The summed E-state index contributed by atoms with van der Waals surface area (Å²) in [6.07, 6.45) is 0.994. The summed E-state index contributed by atoms with van der Waals surface area (Å²) in [4.78, 5) is 12.7. The molecule has 1 N–H and O–H groups in total. The van der Waals surface area contributed by atoms with E-state index >= 15 is 0 Å². The molecule has 1 heterocycles. The highest BCUT2D eigenvalue weighted by molar-refractivity contribution is 7.89. The Labute approximate surface area is 179 Å². The molecule has 0 bridgehead atoms. The molecular formula is C23H30N2O4S. The molecule has 2 aromatic rings. The summed E-state index contributed by atoms with van der Waals surface area (Å²) >= 11 is 0. The molecule has 1 fully saturated rings. The summed E-state index contributed by atoms with van der Waals surface area (Å²) in [6, 6.07) is 15.7. The Morgan fingerprint density at radius 1 is 1.13 bits per heavy atom. The van der Waals surface area contributed by atoms with Gasteiger partial charge in [0.25, 0.3) is 0 Å². The second-order valence-corrected chi connectivity index (χ2v) is 10.0. The Bertz CT molecular complexity index is 990. The number of hydrogen-bond acceptors (Lipinski definition) is 4. The van der Waals surface area contributed by atoms with Gasteiger partial charge in [-0.25, -0.2) is 8.42 Å². The van der Waals surface area contributed by atoms with Crippen LogP contribution < -0.4 is 10.1 Å². The fourth-order valence-electron chi connectivity index (χ4n) is 3.82. The fraction of sp³-hybridized carbons (Fsp3) is 0.435. The first-order valence-corrected chi connectivity index (χ1v) is 11.9. The zero-order valence-electron chi connectivity index (χ0n) is 17.8. The SMILES string of the molecule is CCC(C)S(=O)(=O)N1CCNC(=O)C(Cc2ccccc2-c2ccccc2OC)C1. The highest BCUT2D eigenvalue weighted by atomic mass is 32.2. The molecule has 2 unspecified atom stereocenters. The number of ether oxygens (including phenoxy) is 1. The molecular weight excluding hydrogens is 400 g/mol. The number of para-hydroxylation sites is 1. The molecule has 7 heteroatoms. The van der Waals surface area contributed by atoms with E-state index in [1.165, 1.54) is 4.31 Å². The van der Waals surface area contributed by atoms with Crippen LogP contribution in [0.5, 0.6) is 5.75 Å². The van der Waals surface area contributed by atoms with Crippen molar-refractivity contribution in [1.29, 1.82) is 0 Å². The number of carbonyl (C=O) groups excluding carboxylic acids is 1. The van der Waals surface area contributed by atoms with E-state index in [2.05, 4.69) is 5.32 Å². The highest BCUT2D eigenvalue weighted by Gasteiger charge is 2.34. The Morgan fingerprint density at radius 2 is 1.80 bits per heavy atom. The van der Waals surface area contributed by atoms with Gasteiger partial charge in [-0.05, 0) is 37.0 Å². The predicted molar refractivity (Wildman–Crippen MR) is 119 cm³/mol. The highest BCUT2D eigenvalue weighted by Crippen LogP contribution is 2.33. The monoisotopic (exact) mass is 430 g/mol. The van der Waals surface area contributed by atoms with Crippen LogP contribution in [0.4, 0.5) is 0 Å². The normalized spacial score (nSPS) is 19.0. The minimum atomic E-state index is -3.44. The maximum atomic E-state index is 12.9. The molecule has 2 atom stereocenters. The molecule has 1 aliphatic heterocycles.